The minimum absolute atomic E-state index is 0. The molecule has 0 bridgehead atoms. The lowest BCUT2D eigenvalue weighted by molar-refractivity contribution is -0.386. The molecule has 0 atom stereocenters. The number of anilines is 1. The number of rotatable bonds is 11. The Kier molecular flexibility index (Phi) is 13.5. The highest BCUT2D eigenvalue weighted by molar-refractivity contribution is 6.09. The first-order valence-corrected chi connectivity index (χ1v) is 20.6. The fourth-order valence-corrected chi connectivity index (χ4v) is 8.38. The van der Waals surface area contributed by atoms with E-state index in [1.807, 2.05) is 70.5 Å². The number of carbonyl (C=O) groups is 2. The molecule has 10 nitrogen and oxygen atoms in total. The quantitative estimate of drug-likeness (QED) is 0.0510. The van der Waals surface area contributed by atoms with Gasteiger partial charge in [-0.3, -0.25) is 19.7 Å². The number of hydrogen-bond donors (Lipinski definition) is 0. The van der Waals surface area contributed by atoms with Crippen LogP contribution in [0.4, 0.5) is 11.4 Å². The third-order valence-corrected chi connectivity index (χ3v) is 11.5. The summed E-state index contributed by atoms with van der Waals surface area (Å²) in [6, 6.07) is 31.6. The fraction of sp³-hybridized carbons (Fsp3) is 0.286. The lowest BCUT2D eigenvalue weighted by Gasteiger charge is -2.35. The van der Waals surface area contributed by atoms with Gasteiger partial charge in [0, 0.05) is 95.9 Å². The van der Waals surface area contributed by atoms with Gasteiger partial charge in [-0.2, -0.15) is 0 Å². The third-order valence-electron chi connectivity index (χ3n) is 11.5. The van der Waals surface area contributed by atoms with Gasteiger partial charge in [-0.15, -0.1) is 0 Å². The third kappa shape index (κ3) is 8.70. The number of nitro benzene ring substituents is 1. The molecule has 310 valence electrons. The normalized spacial score (nSPS) is 12.8. The van der Waals surface area contributed by atoms with E-state index < -0.39 is 0 Å². The molecule has 0 spiro atoms. The number of amides is 2. The van der Waals surface area contributed by atoms with Crippen LogP contribution in [0.15, 0.2) is 101 Å². The lowest BCUT2D eigenvalue weighted by Crippen LogP contribution is -3.00. The van der Waals surface area contributed by atoms with Crippen molar-refractivity contribution in [2.45, 2.75) is 41.5 Å². The van der Waals surface area contributed by atoms with Gasteiger partial charge in [0.05, 0.1) is 11.0 Å². The smallest absolute Gasteiger partial charge is 0.275 e. The summed E-state index contributed by atoms with van der Waals surface area (Å²) in [7, 11) is 0. The largest absolute Gasteiger partial charge is 1.00 e. The Morgan fingerprint density at radius 3 is 1.97 bits per heavy atom. The zero-order chi connectivity index (χ0) is 41.8. The van der Waals surface area contributed by atoms with Crippen molar-refractivity contribution in [3.8, 4) is 22.5 Å². The molecule has 7 rings (SSSR count). The number of fused-ring (bicyclic) bond motifs is 2. The summed E-state index contributed by atoms with van der Waals surface area (Å²) >= 11 is 0. The van der Waals surface area contributed by atoms with Crippen LogP contribution < -0.4 is 27.2 Å². The summed E-state index contributed by atoms with van der Waals surface area (Å²) in [4.78, 5) is 45.1. The van der Waals surface area contributed by atoms with E-state index in [2.05, 4.69) is 73.6 Å². The number of nitro groups is 1. The van der Waals surface area contributed by atoms with Gasteiger partial charge >= 0.3 is 0 Å². The van der Waals surface area contributed by atoms with Crippen LogP contribution in [-0.2, 0) is 0 Å². The molecular formula is C49H52ClN5O5. The zero-order valence-corrected chi connectivity index (χ0v) is 36.0. The van der Waals surface area contributed by atoms with Crippen LogP contribution in [0.1, 0.15) is 70.7 Å². The minimum Gasteiger partial charge on any atom is -1.00 e. The Bertz CT molecular complexity index is 2590. The maximum Gasteiger partial charge on any atom is 0.275 e. The molecule has 1 saturated heterocycles. The number of benzene rings is 5. The summed E-state index contributed by atoms with van der Waals surface area (Å²) in [6.07, 6.45) is 3.85. The van der Waals surface area contributed by atoms with Crippen molar-refractivity contribution in [2.75, 3.05) is 57.3 Å². The Morgan fingerprint density at radius 1 is 0.733 bits per heavy atom. The summed E-state index contributed by atoms with van der Waals surface area (Å²) in [6.45, 7) is 17.3. The van der Waals surface area contributed by atoms with Crippen molar-refractivity contribution in [1.29, 1.82) is 0 Å². The van der Waals surface area contributed by atoms with Crippen LogP contribution >= 0.6 is 0 Å². The van der Waals surface area contributed by atoms with E-state index in [4.69, 9.17) is 4.42 Å². The van der Waals surface area contributed by atoms with Crippen molar-refractivity contribution < 1.29 is 31.3 Å². The molecular weight excluding hydrogens is 774 g/mol. The van der Waals surface area contributed by atoms with Crippen LogP contribution in [0.3, 0.4) is 0 Å². The summed E-state index contributed by atoms with van der Waals surface area (Å²) in [5, 5.41) is 13.4. The van der Waals surface area contributed by atoms with Gasteiger partial charge in [0.25, 0.3) is 17.5 Å². The summed E-state index contributed by atoms with van der Waals surface area (Å²) in [5.74, 6) is 0.624. The standard InChI is InChI=1S/C49H52N5O5.ClH/c1-7-50(8-2)38-21-23-42-44(31-38)59-45-32-39(51(9-3)10-4)22-24-43(45)46(42)40-13-11-12-14-41(40)49(56)53-27-25-52(26-28-53)48(55)37-19-17-35(18-20-37)15-16-36-29-33(5)47(54(57)58)34(6)30-36;/h11-24,29-32H,7-10,25-28H2,1-6H3;1H/q+1;/p-1/b16-15+;. The molecule has 4 aromatic rings. The highest BCUT2D eigenvalue weighted by atomic mass is 35.5. The number of piperazine rings is 1. The average Bonchev–Trinajstić information content (AvgIpc) is 3.25. The SMILES string of the molecule is CCN(CC)c1ccc2c(-c3ccccc3C(=O)N3CCN(C(=O)c4ccc(/C=C/c5cc(C)c([N+](=O)[O-])c(C)c5)cc4)CC3)c3ccc(=[N+](CC)CC)cc-3oc2c1.[Cl-]. The minimum atomic E-state index is -0.346. The first-order chi connectivity index (χ1) is 28.5. The molecule has 2 amide bonds. The lowest BCUT2D eigenvalue weighted by atomic mass is 9.90. The van der Waals surface area contributed by atoms with Crippen LogP contribution in [0.5, 0.6) is 0 Å². The Morgan fingerprint density at radius 2 is 1.35 bits per heavy atom. The number of aryl methyl sites for hydroxylation is 2. The maximum atomic E-state index is 14.5. The highest BCUT2D eigenvalue weighted by Crippen LogP contribution is 2.42. The molecule has 60 heavy (non-hydrogen) atoms. The van der Waals surface area contributed by atoms with E-state index in [1.165, 1.54) is 0 Å². The van der Waals surface area contributed by atoms with Gasteiger partial charge in [-0.1, -0.05) is 42.5 Å². The van der Waals surface area contributed by atoms with Crippen molar-refractivity contribution in [1.82, 2.24) is 14.4 Å². The molecule has 0 N–H and O–H groups in total. The molecule has 11 heteroatoms. The average molecular weight is 826 g/mol. The van der Waals surface area contributed by atoms with Crippen LogP contribution in [-0.4, -0.2) is 78.9 Å². The van der Waals surface area contributed by atoms with Gasteiger partial charge in [0.15, 0.2) is 0 Å². The Balaban J connectivity index is 0.00000604. The molecule has 2 heterocycles. The van der Waals surface area contributed by atoms with E-state index in [0.29, 0.717) is 48.4 Å². The molecule has 1 aliphatic carbocycles. The van der Waals surface area contributed by atoms with Gasteiger partial charge < -0.3 is 31.5 Å². The molecule has 0 aromatic heterocycles. The number of carbonyl (C=O) groups excluding carboxylic acids is 2. The molecule has 3 aliphatic rings. The van der Waals surface area contributed by atoms with Gasteiger partial charge in [-0.05, 0) is 107 Å². The number of hydrogen-bond acceptors (Lipinski definition) is 6. The second kappa shape index (κ2) is 18.8. The predicted octanol–water partition coefficient (Wildman–Crippen LogP) is 6.16. The number of nitrogens with zero attached hydrogens (tertiary/aromatic N) is 5. The zero-order valence-electron chi connectivity index (χ0n) is 35.2. The first-order valence-electron chi connectivity index (χ1n) is 20.6. The van der Waals surface area contributed by atoms with E-state index >= 15 is 0 Å². The molecule has 2 aliphatic heterocycles. The fourth-order valence-electron chi connectivity index (χ4n) is 8.38. The van der Waals surface area contributed by atoms with Gasteiger partial charge in [-0.25, -0.2) is 4.58 Å². The second-order valence-electron chi connectivity index (χ2n) is 15.0. The van der Waals surface area contributed by atoms with E-state index in [1.54, 1.807) is 26.0 Å². The van der Waals surface area contributed by atoms with Crippen molar-refractivity contribution >= 4 is 46.3 Å². The van der Waals surface area contributed by atoms with E-state index in [-0.39, 0.29) is 34.8 Å². The van der Waals surface area contributed by atoms with Crippen molar-refractivity contribution in [3.05, 3.63) is 146 Å². The molecule has 0 saturated carbocycles. The number of halogens is 1. The monoisotopic (exact) mass is 825 g/mol. The molecule has 0 unspecified atom stereocenters. The predicted molar refractivity (Wildman–Crippen MR) is 238 cm³/mol. The molecule has 4 aromatic carbocycles. The van der Waals surface area contributed by atoms with Crippen LogP contribution in [0.25, 0.3) is 45.6 Å². The van der Waals surface area contributed by atoms with Gasteiger partial charge in [0.2, 0.25) is 5.36 Å². The van der Waals surface area contributed by atoms with Crippen LogP contribution in [0.2, 0.25) is 0 Å². The first kappa shape index (κ1) is 43.3. The second-order valence-corrected chi connectivity index (χ2v) is 15.0. The highest BCUT2D eigenvalue weighted by Gasteiger charge is 2.29. The summed E-state index contributed by atoms with van der Waals surface area (Å²) in [5.41, 5.74) is 8.96. The maximum absolute atomic E-state index is 14.5. The van der Waals surface area contributed by atoms with E-state index in [0.717, 1.165) is 81.8 Å². The van der Waals surface area contributed by atoms with Gasteiger partial charge in [0.1, 0.15) is 24.4 Å². The molecule has 1 fully saturated rings. The Labute approximate surface area is 358 Å². The topological polar surface area (TPSA) is 103 Å². The van der Waals surface area contributed by atoms with Crippen molar-refractivity contribution in [3.63, 3.8) is 0 Å². The van der Waals surface area contributed by atoms with E-state index in [9.17, 15) is 19.7 Å². The Hall–Kier alpha value is -6.26. The van der Waals surface area contributed by atoms with Crippen LogP contribution in [0, 0.1) is 24.0 Å². The van der Waals surface area contributed by atoms with Crippen molar-refractivity contribution in [2.24, 2.45) is 0 Å². The molecule has 0 radical (unpaired) electrons. The summed E-state index contributed by atoms with van der Waals surface area (Å²) < 4.78 is 9.00.